The molecule has 6 nitrogen and oxygen atoms in total. The van der Waals surface area contributed by atoms with Crippen molar-refractivity contribution in [2.75, 3.05) is 6.61 Å². The van der Waals surface area contributed by atoms with Crippen LogP contribution in [0.2, 0.25) is 0 Å². The van der Waals surface area contributed by atoms with E-state index in [1.165, 1.54) is 13.8 Å². The van der Waals surface area contributed by atoms with E-state index < -0.39 is 40.6 Å². The summed E-state index contributed by atoms with van der Waals surface area (Å²) < 4.78 is 28.3. The summed E-state index contributed by atoms with van der Waals surface area (Å²) in [4.78, 5) is 36.3. The van der Waals surface area contributed by atoms with Crippen molar-refractivity contribution in [1.29, 1.82) is 0 Å². The van der Waals surface area contributed by atoms with Crippen LogP contribution >= 0.6 is 0 Å². The molecule has 0 radical (unpaired) electrons. The molecular weight excluding hydrogens is 415 g/mol. The van der Waals surface area contributed by atoms with Gasteiger partial charge in [-0.15, -0.1) is 0 Å². The number of aliphatic hydroxyl groups excluding tert-OH is 1. The first kappa shape index (κ1) is 23.7. The lowest BCUT2D eigenvalue weighted by Crippen LogP contribution is -2.70. The van der Waals surface area contributed by atoms with Crippen molar-refractivity contribution >= 4 is 17.7 Å². The van der Waals surface area contributed by atoms with Crippen LogP contribution in [0.4, 0.5) is 4.39 Å². The third-order valence-electron chi connectivity index (χ3n) is 9.80. The van der Waals surface area contributed by atoms with Gasteiger partial charge < -0.3 is 14.6 Å². The van der Waals surface area contributed by atoms with Crippen LogP contribution in [0.3, 0.4) is 0 Å². The highest BCUT2D eigenvalue weighted by Crippen LogP contribution is 2.70. The Morgan fingerprint density at radius 3 is 2.34 bits per heavy atom. The molecule has 4 rings (SSSR count). The number of alkyl halides is 1. The molecule has 0 spiro atoms. The molecule has 180 valence electrons. The van der Waals surface area contributed by atoms with Crippen LogP contribution in [-0.4, -0.2) is 47.3 Å². The molecule has 4 fully saturated rings. The fourth-order valence-corrected chi connectivity index (χ4v) is 8.33. The molecular formula is C25H37FO6. The Labute approximate surface area is 189 Å². The molecule has 7 heteroatoms. The van der Waals surface area contributed by atoms with Crippen molar-refractivity contribution in [2.24, 2.45) is 34.5 Å². The molecule has 0 heterocycles. The standard InChI is InChI=1S/C25H37FO6/c1-14(27)31-13-21(30)20-8-7-18-19-6-5-16-11-17(29)9-10-24(16,4)25(19,26)22(32-15(2)28)12-23(18,20)3/h16-20,22,29H,5-13H2,1-4H3/t16-,17-,18-,19-,20+,22+,23-,24-,25-/m0/s1. The van der Waals surface area contributed by atoms with Gasteiger partial charge in [-0.3, -0.25) is 14.4 Å². The molecule has 4 saturated carbocycles. The Balaban J connectivity index is 1.70. The first-order valence-corrected chi connectivity index (χ1v) is 12.1. The molecule has 4 aliphatic rings. The van der Waals surface area contributed by atoms with E-state index in [2.05, 4.69) is 0 Å². The summed E-state index contributed by atoms with van der Waals surface area (Å²) in [5.74, 6) is -1.70. The Kier molecular flexibility index (Phi) is 5.96. The molecule has 0 saturated heterocycles. The summed E-state index contributed by atoms with van der Waals surface area (Å²) in [6.45, 7) is 6.37. The largest absolute Gasteiger partial charge is 0.459 e. The van der Waals surface area contributed by atoms with Gasteiger partial charge >= 0.3 is 11.9 Å². The maximum absolute atomic E-state index is 17.6. The first-order chi connectivity index (χ1) is 14.9. The van der Waals surface area contributed by atoms with Crippen LogP contribution in [0.5, 0.6) is 0 Å². The summed E-state index contributed by atoms with van der Waals surface area (Å²) in [5, 5.41) is 10.2. The van der Waals surface area contributed by atoms with Gasteiger partial charge in [0.2, 0.25) is 0 Å². The van der Waals surface area contributed by atoms with Gasteiger partial charge in [-0.05, 0) is 68.6 Å². The Morgan fingerprint density at radius 2 is 1.69 bits per heavy atom. The SMILES string of the molecule is CC(=O)OCC(=O)[C@H]1CC[C@H]2[C@@H]3CC[C@H]4C[C@@H](O)CC[C@]4(C)[C@@]3(F)[C@H](OC(C)=O)C[C@]12C. The number of halogens is 1. The van der Waals surface area contributed by atoms with Gasteiger partial charge in [-0.1, -0.05) is 13.8 Å². The molecule has 0 aromatic heterocycles. The van der Waals surface area contributed by atoms with Crippen LogP contribution < -0.4 is 0 Å². The molecule has 0 unspecified atom stereocenters. The summed E-state index contributed by atoms with van der Waals surface area (Å²) in [7, 11) is 0. The number of hydrogen-bond acceptors (Lipinski definition) is 6. The Hall–Kier alpha value is -1.50. The third kappa shape index (κ3) is 3.41. The summed E-state index contributed by atoms with van der Waals surface area (Å²) in [6.07, 6.45) is 3.60. The molecule has 0 bridgehead atoms. The number of carbonyl (C=O) groups excluding carboxylic acids is 3. The lowest BCUT2D eigenvalue weighted by atomic mass is 9.42. The van der Waals surface area contributed by atoms with E-state index in [1.54, 1.807) is 0 Å². The van der Waals surface area contributed by atoms with Gasteiger partial charge in [0.15, 0.2) is 11.5 Å². The molecule has 0 amide bonds. The highest BCUT2D eigenvalue weighted by molar-refractivity contribution is 5.85. The minimum absolute atomic E-state index is 0.00945. The minimum Gasteiger partial charge on any atom is -0.459 e. The average molecular weight is 453 g/mol. The molecule has 1 N–H and O–H groups in total. The van der Waals surface area contributed by atoms with Gasteiger partial charge in [0.05, 0.1) is 6.10 Å². The Morgan fingerprint density at radius 1 is 1.00 bits per heavy atom. The van der Waals surface area contributed by atoms with Gasteiger partial charge in [-0.25, -0.2) is 4.39 Å². The Bertz CT molecular complexity index is 799. The molecule has 0 aliphatic heterocycles. The van der Waals surface area contributed by atoms with Crippen molar-refractivity contribution in [3.05, 3.63) is 0 Å². The average Bonchev–Trinajstić information content (AvgIpc) is 3.04. The second-order valence-electron chi connectivity index (χ2n) is 11.3. The van der Waals surface area contributed by atoms with E-state index in [4.69, 9.17) is 9.47 Å². The second kappa shape index (κ2) is 8.07. The lowest BCUT2D eigenvalue weighted by Gasteiger charge is -2.65. The van der Waals surface area contributed by atoms with Crippen LogP contribution in [0.1, 0.15) is 79.1 Å². The van der Waals surface area contributed by atoms with Gasteiger partial charge in [0.25, 0.3) is 0 Å². The lowest BCUT2D eigenvalue weighted by molar-refractivity contribution is -0.255. The quantitative estimate of drug-likeness (QED) is 0.653. The highest BCUT2D eigenvalue weighted by Gasteiger charge is 2.73. The van der Waals surface area contributed by atoms with Gasteiger partial charge in [0.1, 0.15) is 12.7 Å². The van der Waals surface area contributed by atoms with E-state index in [9.17, 15) is 19.5 Å². The van der Waals surface area contributed by atoms with E-state index >= 15 is 4.39 Å². The van der Waals surface area contributed by atoms with E-state index in [1.807, 2.05) is 13.8 Å². The van der Waals surface area contributed by atoms with Crippen LogP contribution in [0, 0.1) is 34.5 Å². The predicted octanol–water partition coefficient (Wildman–Crippen LogP) is 3.77. The number of ether oxygens (including phenoxy) is 2. The zero-order valence-electron chi connectivity index (χ0n) is 19.7. The number of aliphatic hydroxyl groups is 1. The minimum atomic E-state index is -1.68. The number of ketones is 1. The fraction of sp³-hybridized carbons (Fsp3) is 0.880. The topological polar surface area (TPSA) is 89.9 Å². The molecule has 0 aromatic rings. The monoisotopic (exact) mass is 452 g/mol. The molecule has 32 heavy (non-hydrogen) atoms. The highest BCUT2D eigenvalue weighted by atomic mass is 19.1. The fourth-order valence-electron chi connectivity index (χ4n) is 8.33. The number of carbonyl (C=O) groups is 3. The molecule has 9 atom stereocenters. The first-order valence-electron chi connectivity index (χ1n) is 12.1. The third-order valence-corrected chi connectivity index (χ3v) is 9.80. The van der Waals surface area contributed by atoms with Crippen molar-refractivity contribution in [3.63, 3.8) is 0 Å². The maximum atomic E-state index is 17.6. The van der Waals surface area contributed by atoms with Crippen molar-refractivity contribution < 1.29 is 33.4 Å². The number of esters is 2. The summed E-state index contributed by atoms with van der Waals surface area (Å²) in [6, 6.07) is 0. The second-order valence-corrected chi connectivity index (χ2v) is 11.3. The summed E-state index contributed by atoms with van der Waals surface area (Å²) >= 11 is 0. The number of Topliss-reactive ketones (excluding diaryl/α,β-unsaturated/α-hetero) is 1. The normalized spacial score (nSPS) is 47.6. The van der Waals surface area contributed by atoms with Crippen molar-refractivity contribution in [2.45, 2.75) is 96.9 Å². The van der Waals surface area contributed by atoms with E-state index in [0.717, 1.165) is 12.8 Å². The summed E-state index contributed by atoms with van der Waals surface area (Å²) in [5.41, 5.74) is -2.86. The number of hydrogen-bond donors (Lipinski definition) is 1. The molecule has 4 aliphatic carbocycles. The molecule has 0 aromatic carbocycles. The van der Waals surface area contributed by atoms with Crippen LogP contribution in [0.15, 0.2) is 0 Å². The predicted molar refractivity (Wildman–Crippen MR) is 114 cm³/mol. The van der Waals surface area contributed by atoms with Gasteiger partial charge in [0, 0.05) is 31.1 Å². The van der Waals surface area contributed by atoms with E-state index in [0.29, 0.717) is 38.5 Å². The smallest absolute Gasteiger partial charge is 0.303 e. The van der Waals surface area contributed by atoms with Crippen LogP contribution in [-0.2, 0) is 23.9 Å². The number of rotatable bonds is 4. The van der Waals surface area contributed by atoms with E-state index in [-0.39, 0.29) is 36.1 Å². The van der Waals surface area contributed by atoms with Crippen LogP contribution in [0.25, 0.3) is 0 Å². The van der Waals surface area contributed by atoms with Crippen molar-refractivity contribution in [3.8, 4) is 0 Å². The van der Waals surface area contributed by atoms with Crippen molar-refractivity contribution in [1.82, 2.24) is 0 Å². The van der Waals surface area contributed by atoms with Gasteiger partial charge in [-0.2, -0.15) is 0 Å². The zero-order valence-corrected chi connectivity index (χ0v) is 19.7. The number of fused-ring (bicyclic) bond motifs is 5. The zero-order chi connectivity index (χ0) is 23.5. The maximum Gasteiger partial charge on any atom is 0.303 e.